The summed E-state index contributed by atoms with van der Waals surface area (Å²) in [5.41, 5.74) is 1.19. The fourth-order valence-corrected chi connectivity index (χ4v) is 1.14. The standard InChI is InChI=1S/C11H16O2Si/c1-10(13-14)12-9-5-8-11-6-3-2-4-7-11/h2-8,10H,9H2,1,14H3. The highest BCUT2D eigenvalue weighted by atomic mass is 28.2. The van der Waals surface area contributed by atoms with Crippen molar-refractivity contribution in [1.29, 1.82) is 0 Å². The van der Waals surface area contributed by atoms with Gasteiger partial charge >= 0.3 is 0 Å². The minimum Gasteiger partial charge on any atom is -0.404 e. The van der Waals surface area contributed by atoms with Crippen molar-refractivity contribution in [2.24, 2.45) is 0 Å². The predicted molar refractivity (Wildman–Crippen MR) is 61.9 cm³/mol. The molecular formula is C11H16O2Si. The lowest BCUT2D eigenvalue weighted by atomic mass is 10.2. The van der Waals surface area contributed by atoms with E-state index in [2.05, 4.69) is 12.1 Å². The van der Waals surface area contributed by atoms with E-state index < -0.39 is 0 Å². The summed E-state index contributed by atoms with van der Waals surface area (Å²) in [5, 5.41) is 0. The first-order valence-corrected chi connectivity index (χ1v) is 5.50. The molecule has 1 aromatic carbocycles. The predicted octanol–water partition coefficient (Wildman–Crippen LogP) is 1.36. The van der Waals surface area contributed by atoms with Gasteiger partial charge in [0.05, 0.1) is 6.61 Å². The highest BCUT2D eigenvalue weighted by Gasteiger charge is 1.93. The number of hydrogen-bond donors (Lipinski definition) is 0. The third-order valence-corrected chi connectivity index (χ3v) is 2.53. The van der Waals surface area contributed by atoms with Crippen LogP contribution in [-0.2, 0) is 9.16 Å². The molecule has 3 heteroatoms. The van der Waals surface area contributed by atoms with E-state index in [0.29, 0.717) is 6.61 Å². The maximum atomic E-state index is 5.34. The molecule has 0 aliphatic carbocycles. The van der Waals surface area contributed by atoms with Crippen LogP contribution in [0.4, 0.5) is 0 Å². The molecular weight excluding hydrogens is 192 g/mol. The van der Waals surface area contributed by atoms with Crippen LogP contribution in [0.25, 0.3) is 6.08 Å². The maximum absolute atomic E-state index is 5.34. The highest BCUT2D eigenvalue weighted by molar-refractivity contribution is 5.98. The van der Waals surface area contributed by atoms with Gasteiger partial charge in [0.1, 0.15) is 16.8 Å². The van der Waals surface area contributed by atoms with E-state index in [4.69, 9.17) is 9.16 Å². The molecule has 2 nitrogen and oxygen atoms in total. The largest absolute Gasteiger partial charge is 0.404 e. The molecule has 1 rings (SSSR count). The average molecular weight is 208 g/mol. The van der Waals surface area contributed by atoms with Crippen molar-refractivity contribution in [3.05, 3.63) is 42.0 Å². The molecule has 76 valence electrons. The van der Waals surface area contributed by atoms with Crippen LogP contribution in [0.15, 0.2) is 36.4 Å². The minimum absolute atomic E-state index is 0.0814. The fourth-order valence-electron chi connectivity index (χ4n) is 1.01. The Bertz CT molecular complexity index is 272. The van der Waals surface area contributed by atoms with Crippen LogP contribution in [0, 0.1) is 0 Å². The quantitative estimate of drug-likeness (QED) is 0.537. The summed E-state index contributed by atoms with van der Waals surface area (Å²) in [6.07, 6.45) is 3.95. The van der Waals surface area contributed by atoms with Gasteiger partial charge in [-0.2, -0.15) is 0 Å². The van der Waals surface area contributed by atoms with E-state index in [0.717, 1.165) is 10.5 Å². The minimum atomic E-state index is -0.0814. The van der Waals surface area contributed by atoms with Crippen molar-refractivity contribution in [2.75, 3.05) is 6.61 Å². The van der Waals surface area contributed by atoms with Crippen molar-refractivity contribution in [3.8, 4) is 0 Å². The lowest BCUT2D eigenvalue weighted by Crippen LogP contribution is -2.10. The second-order valence-electron chi connectivity index (χ2n) is 2.95. The van der Waals surface area contributed by atoms with E-state index in [1.807, 2.05) is 37.3 Å². The smallest absolute Gasteiger partial charge is 0.149 e. The second kappa shape index (κ2) is 6.54. The lowest BCUT2D eigenvalue weighted by Gasteiger charge is -2.08. The second-order valence-corrected chi connectivity index (χ2v) is 3.42. The molecule has 0 fully saturated rings. The summed E-state index contributed by atoms with van der Waals surface area (Å²) < 4.78 is 10.4. The number of benzene rings is 1. The Morgan fingerprint density at radius 3 is 2.71 bits per heavy atom. The van der Waals surface area contributed by atoms with Gasteiger partial charge in [-0.3, -0.25) is 0 Å². The van der Waals surface area contributed by atoms with Crippen LogP contribution in [0.2, 0.25) is 0 Å². The van der Waals surface area contributed by atoms with Crippen LogP contribution in [0.5, 0.6) is 0 Å². The Labute approximate surface area is 88.1 Å². The van der Waals surface area contributed by atoms with Gasteiger partial charge < -0.3 is 9.16 Å². The highest BCUT2D eigenvalue weighted by Crippen LogP contribution is 2.01. The maximum Gasteiger partial charge on any atom is 0.149 e. The third-order valence-electron chi connectivity index (χ3n) is 1.87. The molecule has 1 aromatic rings. The monoisotopic (exact) mass is 208 g/mol. The molecule has 0 aliphatic rings. The van der Waals surface area contributed by atoms with Crippen molar-refractivity contribution < 1.29 is 9.16 Å². The molecule has 14 heavy (non-hydrogen) atoms. The van der Waals surface area contributed by atoms with Crippen LogP contribution in [0.1, 0.15) is 12.5 Å². The third kappa shape index (κ3) is 4.37. The Balaban J connectivity index is 2.28. The van der Waals surface area contributed by atoms with Gasteiger partial charge in [-0.15, -0.1) is 0 Å². The molecule has 0 N–H and O–H groups in total. The molecule has 1 atom stereocenters. The summed E-state index contributed by atoms with van der Waals surface area (Å²) in [7, 11) is 0.718. The van der Waals surface area contributed by atoms with Crippen LogP contribution >= 0.6 is 0 Å². The molecule has 0 amide bonds. The van der Waals surface area contributed by atoms with E-state index in [-0.39, 0.29) is 6.29 Å². The molecule has 0 saturated carbocycles. The molecule has 0 spiro atoms. The molecule has 0 radical (unpaired) electrons. The number of hydrogen-bond acceptors (Lipinski definition) is 2. The van der Waals surface area contributed by atoms with Crippen molar-refractivity contribution in [1.82, 2.24) is 0 Å². The van der Waals surface area contributed by atoms with Gasteiger partial charge in [0.2, 0.25) is 0 Å². The zero-order valence-corrected chi connectivity index (χ0v) is 10.6. The topological polar surface area (TPSA) is 18.5 Å². The van der Waals surface area contributed by atoms with E-state index >= 15 is 0 Å². The van der Waals surface area contributed by atoms with Gasteiger partial charge in [-0.25, -0.2) is 0 Å². The van der Waals surface area contributed by atoms with Crippen molar-refractivity contribution in [3.63, 3.8) is 0 Å². The normalized spacial score (nSPS) is 13.5. The van der Waals surface area contributed by atoms with Crippen LogP contribution in [-0.4, -0.2) is 23.4 Å². The molecule has 0 aromatic heterocycles. The summed E-state index contributed by atoms with van der Waals surface area (Å²) >= 11 is 0. The van der Waals surface area contributed by atoms with Gasteiger partial charge in [-0.05, 0) is 12.5 Å². The van der Waals surface area contributed by atoms with Crippen molar-refractivity contribution in [2.45, 2.75) is 13.2 Å². The van der Waals surface area contributed by atoms with Crippen molar-refractivity contribution >= 4 is 16.6 Å². The zero-order valence-electron chi connectivity index (χ0n) is 8.64. The molecule has 0 saturated heterocycles. The molecule has 0 bridgehead atoms. The van der Waals surface area contributed by atoms with Gasteiger partial charge in [0.25, 0.3) is 0 Å². The first-order chi connectivity index (χ1) is 6.83. The number of ether oxygens (including phenoxy) is 1. The SMILES string of the molecule is CC(O[SiH3])OCC=Cc1ccccc1. The summed E-state index contributed by atoms with van der Waals surface area (Å²) in [6.45, 7) is 2.50. The van der Waals surface area contributed by atoms with E-state index in [1.54, 1.807) is 0 Å². The van der Waals surface area contributed by atoms with Gasteiger partial charge in [0.15, 0.2) is 0 Å². The summed E-state index contributed by atoms with van der Waals surface area (Å²) in [6, 6.07) is 10.2. The number of rotatable bonds is 5. The zero-order chi connectivity index (χ0) is 10.2. The Morgan fingerprint density at radius 2 is 2.07 bits per heavy atom. The van der Waals surface area contributed by atoms with E-state index in [1.165, 1.54) is 5.56 Å². The Kier molecular flexibility index (Phi) is 5.22. The molecule has 0 heterocycles. The Hall–Kier alpha value is -0.903. The summed E-state index contributed by atoms with van der Waals surface area (Å²) in [5.74, 6) is 0. The first kappa shape index (κ1) is 11.2. The van der Waals surface area contributed by atoms with E-state index in [9.17, 15) is 0 Å². The summed E-state index contributed by atoms with van der Waals surface area (Å²) in [4.78, 5) is 0. The first-order valence-electron chi connectivity index (χ1n) is 4.69. The molecule has 0 aliphatic heterocycles. The lowest BCUT2D eigenvalue weighted by molar-refractivity contribution is -0.0504. The average Bonchev–Trinajstić information content (AvgIpc) is 2.25. The van der Waals surface area contributed by atoms with Gasteiger partial charge in [0, 0.05) is 0 Å². The van der Waals surface area contributed by atoms with Crippen LogP contribution in [0.3, 0.4) is 0 Å². The fraction of sp³-hybridized carbons (Fsp3) is 0.273. The van der Waals surface area contributed by atoms with Gasteiger partial charge in [-0.1, -0.05) is 42.5 Å². The van der Waals surface area contributed by atoms with Crippen LogP contribution < -0.4 is 0 Å². The molecule has 1 unspecified atom stereocenters. The Morgan fingerprint density at radius 1 is 1.36 bits per heavy atom.